The van der Waals surface area contributed by atoms with Crippen molar-refractivity contribution < 1.29 is 18.3 Å². The predicted octanol–water partition coefficient (Wildman–Crippen LogP) is 1.29. The number of rotatable bonds is 6. The van der Waals surface area contributed by atoms with Gasteiger partial charge < -0.3 is 15.4 Å². The standard InChI is InChI=1S/C13H18F2N2O2/c1-17(13(18)12(16)5-6-19-2)8-9-3-4-10(14)7-11(9)15/h3-4,7,12H,5-6,8,16H2,1-2H3. The number of ether oxygens (including phenoxy) is 1. The molecule has 6 heteroatoms. The van der Waals surface area contributed by atoms with Crippen LogP contribution < -0.4 is 5.73 Å². The monoisotopic (exact) mass is 272 g/mol. The number of halogens is 2. The van der Waals surface area contributed by atoms with Gasteiger partial charge in [0, 0.05) is 38.9 Å². The van der Waals surface area contributed by atoms with Crippen LogP contribution in [-0.2, 0) is 16.1 Å². The van der Waals surface area contributed by atoms with Gasteiger partial charge in [0.15, 0.2) is 0 Å². The highest BCUT2D eigenvalue weighted by Crippen LogP contribution is 2.12. The summed E-state index contributed by atoms with van der Waals surface area (Å²) in [4.78, 5) is 13.2. The zero-order chi connectivity index (χ0) is 14.4. The summed E-state index contributed by atoms with van der Waals surface area (Å²) in [5.41, 5.74) is 5.94. The number of likely N-dealkylation sites (N-methyl/N-ethyl adjacent to an activating group) is 1. The Balaban J connectivity index is 2.63. The Kier molecular flexibility index (Phi) is 5.85. The SMILES string of the molecule is COCCC(N)C(=O)N(C)Cc1ccc(F)cc1F. The van der Waals surface area contributed by atoms with Crippen LogP contribution in [0.1, 0.15) is 12.0 Å². The van der Waals surface area contributed by atoms with Gasteiger partial charge in [0.1, 0.15) is 11.6 Å². The van der Waals surface area contributed by atoms with Gasteiger partial charge in [-0.2, -0.15) is 0 Å². The van der Waals surface area contributed by atoms with Crippen LogP contribution in [0.3, 0.4) is 0 Å². The zero-order valence-electron chi connectivity index (χ0n) is 11.0. The highest BCUT2D eigenvalue weighted by Gasteiger charge is 2.18. The van der Waals surface area contributed by atoms with Crippen LogP contribution in [0, 0.1) is 11.6 Å². The molecule has 1 amide bonds. The van der Waals surface area contributed by atoms with Gasteiger partial charge in [0.05, 0.1) is 6.04 Å². The zero-order valence-corrected chi connectivity index (χ0v) is 11.0. The first-order chi connectivity index (χ1) is 8.95. The quantitative estimate of drug-likeness (QED) is 0.849. The van der Waals surface area contributed by atoms with Gasteiger partial charge in [-0.3, -0.25) is 4.79 Å². The fourth-order valence-corrected chi connectivity index (χ4v) is 1.63. The minimum absolute atomic E-state index is 0.0473. The Morgan fingerprint density at radius 2 is 2.16 bits per heavy atom. The van der Waals surface area contributed by atoms with Gasteiger partial charge >= 0.3 is 0 Å². The van der Waals surface area contributed by atoms with Crippen LogP contribution in [0.4, 0.5) is 8.78 Å². The first-order valence-electron chi connectivity index (χ1n) is 5.89. The van der Waals surface area contributed by atoms with Crippen LogP contribution >= 0.6 is 0 Å². The molecule has 1 atom stereocenters. The molecule has 0 saturated carbocycles. The molecule has 0 fully saturated rings. The van der Waals surface area contributed by atoms with E-state index in [2.05, 4.69) is 0 Å². The fourth-order valence-electron chi connectivity index (χ4n) is 1.63. The summed E-state index contributed by atoms with van der Waals surface area (Å²) < 4.78 is 31.0. The predicted molar refractivity (Wildman–Crippen MR) is 67.3 cm³/mol. The second-order valence-corrected chi connectivity index (χ2v) is 4.32. The third-order valence-electron chi connectivity index (χ3n) is 2.75. The van der Waals surface area contributed by atoms with Crippen molar-refractivity contribution in [3.63, 3.8) is 0 Å². The van der Waals surface area contributed by atoms with Crippen molar-refractivity contribution in [3.05, 3.63) is 35.4 Å². The minimum atomic E-state index is -0.687. The van der Waals surface area contributed by atoms with Crippen molar-refractivity contribution in [2.24, 2.45) is 5.73 Å². The number of benzene rings is 1. The third kappa shape index (κ3) is 4.57. The van der Waals surface area contributed by atoms with E-state index in [0.29, 0.717) is 13.0 Å². The van der Waals surface area contributed by atoms with Gasteiger partial charge in [-0.15, -0.1) is 0 Å². The molecule has 1 aromatic rings. The molecule has 4 nitrogen and oxygen atoms in total. The summed E-state index contributed by atoms with van der Waals surface area (Å²) >= 11 is 0. The number of carbonyl (C=O) groups is 1. The second kappa shape index (κ2) is 7.16. The molecule has 0 spiro atoms. The molecule has 0 aliphatic carbocycles. The second-order valence-electron chi connectivity index (χ2n) is 4.32. The third-order valence-corrected chi connectivity index (χ3v) is 2.75. The van der Waals surface area contributed by atoms with E-state index in [0.717, 1.165) is 12.1 Å². The van der Waals surface area contributed by atoms with Gasteiger partial charge in [0.2, 0.25) is 5.91 Å². The molecule has 106 valence electrons. The van der Waals surface area contributed by atoms with Crippen LogP contribution in [0.2, 0.25) is 0 Å². The maximum absolute atomic E-state index is 13.4. The van der Waals surface area contributed by atoms with Gasteiger partial charge in [-0.25, -0.2) is 8.78 Å². The van der Waals surface area contributed by atoms with Crippen molar-refractivity contribution in [3.8, 4) is 0 Å². The lowest BCUT2D eigenvalue weighted by Crippen LogP contribution is -2.42. The molecule has 1 aromatic carbocycles. The van der Waals surface area contributed by atoms with E-state index in [9.17, 15) is 13.6 Å². The smallest absolute Gasteiger partial charge is 0.239 e. The molecule has 1 unspecified atom stereocenters. The Labute approximate surface area is 111 Å². The normalized spacial score (nSPS) is 12.3. The maximum Gasteiger partial charge on any atom is 0.239 e. The van der Waals surface area contributed by atoms with Crippen molar-refractivity contribution >= 4 is 5.91 Å². The lowest BCUT2D eigenvalue weighted by molar-refractivity contribution is -0.132. The van der Waals surface area contributed by atoms with E-state index in [1.54, 1.807) is 0 Å². The number of nitrogens with zero attached hydrogens (tertiary/aromatic N) is 1. The number of hydrogen-bond acceptors (Lipinski definition) is 3. The van der Waals surface area contributed by atoms with Gasteiger partial charge in [0.25, 0.3) is 0 Å². The molecule has 19 heavy (non-hydrogen) atoms. The molecule has 1 rings (SSSR count). The highest BCUT2D eigenvalue weighted by atomic mass is 19.1. The lowest BCUT2D eigenvalue weighted by Gasteiger charge is -2.21. The largest absolute Gasteiger partial charge is 0.385 e. The first kappa shape index (κ1) is 15.5. The number of amides is 1. The van der Waals surface area contributed by atoms with Crippen molar-refractivity contribution in [2.75, 3.05) is 20.8 Å². The van der Waals surface area contributed by atoms with Crippen molar-refractivity contribution in [1.29, 1.82) is 0 Å². The summed E-state index contributed by atoms with van der Waals surface area (Å²) in [6, 6.07) is 2.57. The summed E-state index contributed by atoms with van der Waals surface area (Å²) in [5, 5.41) is 0. The molecule has 0 radical (unpaired) electrons. The Hall–Kier alpha value is -1.53. The summed E-state index contributed by atoms with van der Waals surface area (Å²) in [6.07, 6.45) is 0.394. The molecule has 2 N–H and O–H groups in total. The van der Waals surface area contributed by atoms with Crippen LogP contribution in [-0.4, -0.2) is 37.6 Å². The topological polar surface area (TPSA) is 55.6 Å². The van der Waals surface area contributed by atoms with Gasteiger partial charge in [-0.05, 0) is 12.5 Å². The average molecular weight is 272 g/mol. The van der Waals surface area contributed by atoms with E-state index >= 15 is 0 Å². The van der Waals surface area contributed by atoms with Crippen LogP contribution in [0.15, 0.2) is 18.2 Å². The van der Waals surface area contributed by atoms with Gasteiger partial charge in [-0.1, -0.05) is 6.07 Å². The average Bonchev–Trinajstić information content (AvgIpc) is 2.38. The van der Waals surface area contributed by atoms with Crippen molar-refractivity contribution in [2.45, 2.75) is 19.0 Å². The number of methoxy groups -OCH3 is 1. The van der Waals surface area contributed by atoms with E-state index in [1.165, 1.54) is 25.1 Å². The molecule has 0 saturated heterocycles. The Morgan fingerprint density at radius 1 is 1.47 bits per heavy atom. The first-order valence-corrected chi connectivity index (χ1v) is 5.89. The van der Waals surface area contributed by atoms with E-state index in [1.807, 2.05) is 0 Å². The molecule has 0 aromatic heterocycles. The van der Waals surface area contributed by atoms with E-state index in [4.69, 9.17) is 10.5 Å². The van der Waals surface area contributed by atoms with Crippen LogP contribution in [0.5, 0.6) is 0 Å². The molecular weight excluding hydrogens is 254 g/mol. The van der Waals surface area contributed by atoms with Crippen LogP contribution in [0.25, 0.3) is 0 Å². The highest BCUT2D eigenvalue weighted by molar-refractivity contribution is 5.81. The summed E-state index contributed by atoms with van der Waals surface area (Å²) in [5.74, 6) is -1.63. The lowest BCUT2D eigenvalue weighted by atomic mass is 10.1. The summed E-state index contributed by atoms with van der Waals surface area (Å²) in [7, 11) is 3.05. The number of hydrogen-bond donors (Lipinski definition) is 1. The fraction of sp³-hybridized carbons (Fsp3) is 0.462. The number of carbonyl (C=O) groups excluding carboxylic acids is 1. The number of nitrogens with two attached hydrogens (primary N) is 1. The molecule has 0 aliphatic heterocycles. The molecule has 0 aliphatic rings. The molecule has 0 bridgehead atoms. The minimum Gasteiger partial charge on any atom is -0.385 e. The maximum atomic E-state index is 13.4. The van der Waals surface area contributed by atoms with Crippen molar-refractivity contribution in [1.82, 2.24) is 4.90 Å². The molecular formula is C13H18F2N2O2. The molecule has 0 heterocycles. The Morgan fingerprint density at radius 3 is 2.74 bits per heavy atom. The summed E-state index contributed by atoms with van der Waals surface area (Å²) in [6.45, 7) is 0.428. The van der Waals surface area contributed by atoms with E-state index < -0.39 is 17.7 Å². The van der Waals surface area contributed by atoms with E-state index in [-0.39, 0.29) is 18.0 Å². The Bertz CT molecular complexity index is 441.